The average Bonchev–Trinajstić information content (AvgIpc) is 3.48. The quantitative estimate of drug-likeness (QED) is 0.239. The zero-order valence-electron chi connectivity index (χ0n) is 20.1. The first-order valence-corrected chi connectivity index (χ1v) is 14.5. The maximum atomic E-state index is 13.4. The molecule has 2 aromatic heterocycles. The third-order valence-electron chi connectivity index (χ3n) is 5.58. The van der Waals surface area contributed by atoms with Crippen LogP contribution in [0.2, 0.25) is 5.02 Å². The highest BCUT2D eigenvalue weighted by Crippen LogP contribution is 2.33. The van der Waals surface area contributed by atoms with E-state index in [2.05, 4.69) is 32.4 Å². The summed E-state index contributed by atoms with van der Waals surface area (Å²) in [6.45, 7) is 0.618. The van der Waals surface area contributed by atoms with Crippen molar-refractivity contribution in [3.63, 3.8) is 0 Å². The van der Waals surface area contributed by atoms with Crippen LogP contribution in [0.4, 0.5) is 15.9 Å². The molecule has 1 saturated heterocycles. The Hall–Kier alpha value is -3.27. The Morgan fingerprint density at radius 3 is 2.89 bits per heavy atom. The van der Waals surface area contributed by atoms with Gasteiger partial charge in [0, 0.05) is 18.7 Å². The number of fused-ring (bicyclic) bond motifs is 1. The number of nitrogens with one attached hydrogen (secondary N) is 2. The molecule has 2 unspecified atom stereocenters. The van der Waals surface area contributed by atoms with E-state index in [4.69, 9.17) is 20.5 Å². The van der Waals surface area contributed by atoms with Gasteiger partial charge in [0.25, 0.3) is 10.1 Å². The van der Waals surface area contributed by atoms with Crippen molar-refractivity contribution in [2.24, 2.45) is 0 Å². The van der Waals surface area contributed by atoms with E-state index in [1.807, 2.05) is 12.1 Å². The lowest BCUT2D eigenvalue weighted by atomic mass is 10.2. The molecule has 3 heterocycles. The molecule has 196 valence electrons. The summed E-state index contributed by atoms with van der Waals surface area (Å²) in [5, 5.41) is 7.64. The van der Waals surface area contributed by atoms with Gasteiger partial charge in [-0.25, -0.2) is 14.4 Å². The third kappa shape index (κ3) is 6.78. The molecule has 1 aliphatic heterocycles. The number of anilines is 2. The lowest BCUT2D eigenvalue weighted by molar-refractivity contribution is 0.231. The monoisotopic (exact) mass is 572 g/mol. The summed E-state index contributed by atoms with van der Waals surface area (Å²) in [6.07, 6.45) is 2.59. The van der Waals surface area contributed by atoms with E-state index in [1.54, 1.807) is 24.3 Å². The highest BCUT2D eigenvalue weighted by atomic mass is 35.5. The number of halogens is 2. The fourth-order valence-electron chi connectivity index (χ4n) is 3.93. The van der Waals surface area contributed by atoms with Gasteiger partial charge >= 0.3 is 0 Å². The number of hydrogen-bond acceptors (Lipinski definition) is 9. The highest BCUT2D eigenvalue weighted by molar-refractivity contribution is 7.86. The summed E-state index contributed by atoms with van der Waals surface area (Å²) in [4.78, 5) is 10.3. The van der Waals surface area contributed by atoms with E-state index in [0.717, 1.165) is 21.3 Å². The largest absolute Gasteiger partial charge is 0.487 e. The van der Waals surface area contributed by atoms with Crippen LogP contribution < -0.4 is 15.4 Å². The van der Waals surface area contributed by atoms with Crippen LogP contribution in [0.1, 0.15) is 16.9 Å². The summed E-state index contributed by atoms with van der Waals surface area (Å²) in [6, 6.07) is 13.2. The Bertz CT molecular complexity index is 1650. The molecule has 1 fully saturated rings. The number of aromatic nitrogens is 2. The molecule has 1 aliphatic rings. The molecule has 0 saturated carbocycles. The van der Waals surface area contributed by atoms with Gasteiger partial charge < -0.3 is 15.4 Å². The summed E-state index contributed by atoms with van der Waals surface area (Å²) >= 11 is 7.86. The molecular weight excluding hydrogens is 551 g/mol. The maximum Gasteiger partial charge on any atom is 0.264 e. The molecule has 0 amide bonds. The van der Waals surface area contributed by atoms with Crippen molar-refractivity contribution in [1.82, 2.24) is 15.3 Å². The molecular formula is C26H22ClFN4O4S2. The molecule has 12 heteroatoms. The third-order valence-corrected chi connectivity index (χ3v) is 7.45. The maximum absolute atomic E-state index is 13.4. The van der Waals surface area contributed by atoms with Gasteiger partial charge in [0.2, 0.25) is 0 Å². The topological polar surface area (TPSA) is 102 Å². The SMILES string of the molecule is CS(=O)(=O)OC1CNC(C#Cc2cc3c(Nc4ccc(OCc5cccc(F)c5)c(Cl)c4)ncnc3s2)C1. The van der Waals surface area contributed by atoms with Gasteiger partial charge in [-0.3, -0.25) is 4.18 Å². The van der Waals surface area contributed by atoms with Crippen LogP contribution >= 0.6 is 22.9 Å². The molecule has 0 radical (unpaired) electrons. The van der Waals surface area contributed by atoms with Gasteiger partial charge in [-0.1, -0.05) is 35.6 Å². The first-order chi connectivity index (χ1) is 18.2. The van der Waals surface area contributed by atoms with Gasteiger partial charge in [0.05, 0.1) is 33.7 Å². The minimum Gasteiger partial charge on any atom is -0.487 e. The van der Waals surface area contributed by atoms with E-state index in [0.29, 0.717) is 40.8 Å². The van der Waals surface area contributed by atoms with Crippen molar-refractivity contribution >= 4 is 54.8 Å². The second kappa shape index (κ2) is 11.2. The fourth-order valence-corrected chi connectivity index (χ4v) is 5.67. The predicted molar refractivity (Wildman–Crippen MR) is 146 cm³/mol. The smallest absolute Gasteiger partial charge is 0.264 e. The van der Waals surface area contributed by atoms with Gasteiger partial charge in [0.15, 0.2) is 0 Å². The first kappa shape index (κ1) is 26.3. The Balaban J connectivity index is 1.26. The van der Waals surface area contributed by atoms with Crippen LogP contribution in [-0.2, 0) is 20.9 Å². The minimum absolute atomic E-state index is 0.167. The van der Waals surface area contributed by atoms with Gasteiger partial charge in [-0.05, 0) is 42.0 Å². The Morgan fingerprint density at radius 1 is 1.24 bits per heavy atom. The molecule has 2 N–H and O–H groups in total. The Morgan fingerprint density at radius 2 is 2.11 bits per heavy atom. The Kier molecular flexibility index (Phi) is 7.78. The van der Waals surface area contributed by atoms with Crippen molar-refractivity contribution < 1.29 is 21.7 Å². The van der Waals surface area contributed by atoms with Crippen LogP contribution in [0.3, 0.4) is 0 Å². The van der Waals surface area contributed by atoms with E-state index >= 15 is 0 Å². The van der Waals surface area contributed by atoms with Crippen LogP contribution in [-0.4, -0.2) is 43.3 Å². The molecule has 2 atom stereocenters. The van der Waals surface area contributed by atoms with E-state index in [1.165, 1.54) is 29.8 Å². The molecule has 38 heavy (non-hydrogen) atoms. The molecule has 4 aromatic rings. The molecule has 0 spiro atoms. The lowest BCUT2D eigenvalue weighted by Gasteiger charge is -2.11. The first-order valence-electron chi connectivity index (χ1n) is 11.5. The average molecular weight is 573 g/mol. The van der Waals surface area contributed by atoms with Crippen LogP contribution in [0.25, 0.3) is 10.2 Å². The highest BCUT2D eigenvalue weighted by Gasteiger charge is 2.26. The minimum atomic E-state index is -3.50. The van der Waals surface area contributed by atoms with E-state index < -0.39 is 16.2 Å². The molecule has 5 rings (SSSR count). The second-order valence-corrected chi connectivity index (χ2v) is 11.7. The number of nitrogens with zero attached hydrogens (tertiary/aromatic N) is 2. The summed E-state index contributed by atoms with van der Waals surface area (Å²) in [5.41, 5.74) is 1.41. The number of thiophene rings is 1. The summed E-state index contributed by atoms with van der Waals surface area (Å²) in [7, 11) is -3.50. The number of ether oxygens (including phenoxy) is 1. The lowest BCUT2D eigenvalue weighted by Crippen LogP contribution is -2.21. The van der Waals surface area contributed by atoms with Crippen LogP contribution in [0.15, 0.2) is 54.9 Å². The van der Waals surface area contributed by atoms with Crippen molar-refractivity contribution in [3.05, 3.63) is 76.1 Å². The zero-order valence-corrected chi connectivity index (χ0v) is 22.5. The van der Waals surface area contributed by atoms with Crippen molar-refractivity contribution in [1.29, 1.82) is 0 Å². The molecule has 0 aliphatic carbocycles. The number of hydrogen-bond donors (Lipinski definition) is 2. The summed E-state index contributed by atoms with van der Waals surface area (Å²) < 4.78 is 46.9. The second-order valence-electron chi connectivity index (χ2n) is 8.63. The van der Waals surface area contributed by atoms with Gasteiger partial charge in [0.1, 0.15) is 35.1 Å². The number of rotatable bonds is 7. The van der Waals surface area contributed by atoms with Crippen LogP contribution in [0.5, 0.6) is 5.75 Å². The van der Waals surface area contributed by atoms with Gasteiger partial charge in [-0.2, -0.15) is 8.42 Å². The standard InChI is InChI=1S/C26H22ClFN4O4S2/c1-38(33,34)36-20-10-18(29-13-20)5-7-21-12-22-25(30-15-31-26(22)37-21)32-19-6-8-24(23(27)11-19)35-14-16-3-2-4-17(28)9-16/h2-4,6,8-9,11-12,15,18,20,29H,10,13-14H2,1H3,(H,30,31,32). The van der Waals surface area contributed by atoms with Crippen molar-refractivity contribution in [2.45, 2.75) is 25.2 Å². The number of benzene rings is 2. The van der Waals surface area contributed by atoms with Gasteiger partial charge in [-0.15, -0.1) is 11.3 Å². The predicted octanol–water partition coefficient (Wildman–Crippen LogP) is 4.86. The van der Waals surface area contributed by atoms with Crippen molar-refractivity contribution in [2.75, 3.05) is 18.1 Å². The zero-order chi connectivity index (χ0) is 26.7. The van der Waals surface area contributed by atoms with Crippen LogP contribution in [0, 0.1) is 17.7 Å². The van der Waals surface area contributed by atoms with E-state index in [-0.39, 0.29) is 18.5 Å². The van der Waals surface area contributed by atoms with Crippen molar-refractivity contribution in [3.8, 4) is 17.6 Å². The van der Waals surface area contributed by atoms with E-state index in [9.17, 15) is 12.8 Å². The molecule has 2 aromatic carbocycles. The Labute approximate surface area is 228 Å². The normalized spacial score (nSPS) is 17.2. The summed E-state index contributed by atoms with van der Waals surface area (Å²) in [5.74, 6) is 7.04. The molecule has 8 nitrogen and oxygen atoms in total. The molecule has 0 bridgehead atoms. The fraction of sp³-hybridized carbons (Fsp3) is 0.231.